The summed E-state index contributed by atoms with van der Waals surface area (Å²) < 4.78 is 5.42. The predicted molar refractivity (Wildman–Crippen MR) is 57.5 cm³/mol. The van der Waals surface area contributed by atoms with Crippen LogP contribution in [0.25, 0.3) is 0 Å². The van der Waals surface area contributed by atoms with Crippen LogP contribution < -0.4 is 5.32 Å². The second kappa shape index (κ2) is 4.37. The van der Waals surface area contributed by atoms with Crippen LogP contribution in [-0.2, 0) is 0 Å². The van der Waals surface area contributed by atoms with Gasteiger partial charge in [-0.25, -0.2) is 0 Å². The van der Waals surface area contributed by atoms with Crippen LogP contribution in [0, 0.1) is 5.92 Å². The van der Waals surface area contributed by atoms with Crippen LogP contribution in [0.1, 0.15) is 23.2 Å². The van der Waals surface area contributed by atoms with E-state index in [1.807, 2.05) is 0 Å². The van der Waals surface area contributed by atoms with Gasteiger partial charge in [0.1, 0.15) is 0 Å². The van der Waals surface area contributed by atoms with E-state index < -0.39 is 0 Å². The smallest absolute Gasteiger partial charge is 0.255 e. The van der Waals surface area contributed by atoms with Crippen LogP contribution in [0.5, 0.6) is 0 Å². The number of halogens is 1. The Hall–Kier alpha value is -0.810. The number of nitrogens with one attached hydrogen (secondary N) is 1. The minimum atomic E-state index is -0.174. The predicted octanol–water partition coefficient (Wildman–Crippen LogP) is 1.54. The molecule has 1 aromatic rings. The van der Waals surface area contributed by atoms with E-state index in [9.17, 15) is 4.79 Å². The highest BCUT2D eigenvalue weighted by atomic mass is 79.9. The lowest BCUT2D eigenvalue weighted by Gasteiger charge is -2.31. The molecule has 0 aliphatic heterocycles. The van der Waals surface area contributed by atoms with Gasteiger partial charge in [0.2, 0.25) is 0 Å². The second-order valence-corrected chi connectivity index (χ2v) is 4.53. The van der Waals surface area contributed by atoms with Crippen LogP contribution in [0.3, 0.4) is 0 Å². The van der Waals surface area contributed by atoms with Crippen LogP contribution >= 0.6 is 15.9 Å². The van der Waals surface area contributed by atoms with Gasteiger partial charge in [0.05, 0.1) is 17.9 Å². The number of carbonyl (C=O) groups excluding carboxylic acids is 1. The van der Waals surface area contributed by atoms with Crippen molar-refractivity contribution in [2.45, 2.75) is 18.9 Å². The molecule has 0 unspecified atom stereocenters. The highest BCUT2D eigenvalue weighted by molar-refractivity contribution is 9.10. The summed E-state index contributed by atoms with van der Waals surface area (Å²) in [6, 6.07) is 1.62. The molecule has 1 heterocycles. The lowest BCUT2D eigenvalue weighted by Crippen LogP contribution is -2.38. The first-order valence-corrected chi connectivity index (χ1v) is 5.65. The minimum Gasteiger partial charge on any atom is -0.457 e. The van der Waals surface area contributed by atoms with E-state index in [2.05, 4.69) is 21.2 Å². The van der Waals surface area contributed by atoms with Crippen LogP contribution in [0.15, 0.2) is 21.4 Å². The number of hydrogen-bond donors (Lipinski definition) is 2. The molecular formula is C10H12BrNO3. The van der Waals surface area contributed by atoms with Crippen molar-refractivity contribution in [3.8, 4) is 0 Å². The molecule has 1 saturated carbocycles. The van der Waals surface area contributed by atoms with Gasteiger partial charge in [-0.15, -0.1) is 0 Å². The van der Waals surface area contributed by atoms with Gasteiger partial charge >= 0.3 is 0 Å². The van der Waals surface area contributed by atoms with Crippen LogP contribution in [-0.4, -0.2) is 23.7 Å². The fourth-order valence-corrected chi connectivity index (χ4v) is 2.08. The number of carbonyl (C=O) groups is 1. The summed E-state index contributed by atoms with van der Waals surface area (Å²) in [5.74, 6) is 0.270. The normalized spacial score (nSPS) is 24.7. The number of rotatable bonds is 3. The van der Waals surface area contributed by atoms with E-state index in [0.29, 0.717) is 22.7 Å². The molecule has 82 valence electrons. The fraction of sp³-hybridized carbons (Fsp3) is 0.500. The van der Waals surface area contributed by atoms with Crippen LogP contribution in [0.4, 0.5) is 0 Å². The molecule has 1 aliphatic rings. The highest BCUT2D eigenvalue weighted by Gasteiger charge is 2.27. The van der Waals surface area contributed by atoms with Gasteiger partial charge in [0.15, 0.2) is 4.67 Å². The number of amides is 1. The Morgan fingerprint density at radius 3 is 2.93 bits per heavy atom. The summed E-state index contributed by atoms with van der Waals surface area (Å²) in [6.07, 6.45) is 2.86. The van der Waals surface area contributed by atoms with Crippen molar-refractivity contribution in [1.29, 1.82) is 0 Å². The van der Waals surface area contributed by atoms with Gasteiger partial charge in [-0.2, -0.15) is 0 Å². The SMILES string of the molecule is O=C(NCC1CC(O)C1)c1ccoc1Br. The highest BCUT2D eigenvalue weighted by Crippen LogP contribution is 2.26. The zero-order chi connectivity index (χ0) is 10.8. The number of aliphatic hydroxyl groups excluding tert-OH is 1. The molecule has 0 bridgehead atoms. The van der Waals surface area contributed by atoms with Crippen molar-refractivity contribution in [3.63, 3.8) is 0 Å². The first kappa shape index (κ1) is 10.7. The largest absolute Gasteiger partial charge is 0.457 e. The van der Waals surface area contributed by atoms with E-state index in [1.165, 1.54) is 6.26 Å². The van der Waals surface area contributed by atoms with E-state index in [4.69, 9.17) is 9.52 Å². The maximum Gasteiger partial charge on any atom is 0.255 e. The van der Waals surface area contributed by atoms with Crippen molar-refractivity contribution in [3.05, 3.63) is 22.6 Å². The average molecular weight is 274 g/mol. The lowest BCUT2D eigenvalue weighted by molar-refractivity contribution is 0.0420. The summed E-state index contributed by atoms with van der Waals surface area (Å²) in [6.45, 7) is 0.619. The number of aliphatic hydroxyl groups is 1. The van der Waals surface area contributed by atoms with Crippen molar-refractivity contribution in [1.82, 2.24) is 5.32 Å². The maximum absolute atomic E-state index is 11.6. The minimum absolute atomic E-state index is 0.142. The average Bonchev–Trinajstić information content (AvgIpc) is 2.57. The van der Waals surface area contributed by atoms with Gasteiger partial charge < -0.3 is 14.8 Å². The van der Waals surface area contributed by atoms with Crippen molar-refractivity contribution in [2.75, 3.05) is 6.54 Å². The Bertz CT molecular complexity index is 357. The Balaban J connectivity index is 1.80. The molecule has 1 fully saturated rings. The third-order valence-corrected chi connectivity index (χ3v) is 3.24. The third kappa shape index (κ3) is 2.41. The molecule has 4 nitrogen and oxygen atoms in total. The first-order chi connectivity index (χ1) is 7.16. The molecule has 0 atom stereocenters. The Morgan fingerprint density at radius 2 is 2.40 bits per heavy atom. The van der Waals surface area contributed by atoms with Gasteiger partial charge in [0, 0.05) is 6.54 Å². The van der Waals surface area contributed by atoms with Gasteiger partial charge in [0.25, 0.3) is 5.91 Å². The summed E-state index contributed by atoms with van der Waals surface area (Å²) in [5, 5.41) is 11.9. The molecule has 15 heavy (non-hydrogen) atoms. The van der Waals surface area contributed by atoms with Gasteiger partial charge in [-0.3, -0.25) is 4.79 Å². The lowest BCUT2D eigenvalue weighted by atomic mass is 9.82. The summed E-state index contributed by atoms with van der Waals surface area (Å²) in [7, 11) is 0. The zero-order valence-corrected chi connectivity index (χ0v) is 9.66. The zero-order valence-electron chi connectivity index (χ0n) is 8.07. The molecule has 5 heteroatoms. The van der Waals surface area contributed by atoms with E-state index in [1.54, 1.807) is 6.07 Å². The number of hydrogen-bond acceptors (Lipinski definition) is 3. The molecule has 0 aromatic carbocycles. The van der Waals surface area contributed by atoms with Crippen molar-refractivity contribution < 1.29 is 14.3 Å². The third-order valence-electron chi connectivity index (χ3n) is 2.62. The topological polar surface area (TPSA) is 62.5 Å². The molecule has 0 radical (unpaired) electrons. The molecule has 1 amide bonds. The quantitative estimate of drug-likeness (QED) is 0.878. The molecule has 2 N–H and O–H groups in total. The van der Waals surface area contributed by atoms with E-state index >= 15 is 0 Å². The van der Waals surface area contributed by atoms with Crippen LogP contribution in [0.2, 0.25) is 0 Å². The Morgan fingerprint density at radius 1 is 1.67 bits per heavy atom. The Kier molecular flexibility index (Phi) is 3.11. The maximum atomic E-state index is 11.6. The van der Waals surface area contributed by atoms with E-state index in [0.717, 1.165) is 12.8 Å². The van der Waals surface area contributed by atoms with E-state index in [-0.39, 0.29) is 12.0 Å². The fourth-order valence-electron chi connectivity index (χ4n) is 1.66. The first-order valence-electron chi connectivity index (χ1n) is 4.86. The van der Waals surface area contributed by atoms with Gasteiger partial charge in [-0.05, 0) is 40.8 Å². The molecule has 0 spiro atoms. The van der Waals surface area contributed by atoms with Crippen molar-refractivity contribution in [2.24, 2.45) is 5.92 Å². The molecule has 1 aromatic heterocycles. The second-order valence-electron chi connectivity index (χ2n) is 3.81. The number of furan rings is 1. The molecule has 2 rings (SSSR count). The van der Waals surface area contributed by atoms with Crippen molar-refractivity contribution >= 4 is 21.8 Å². The summed E-state index contributed by atoms with van der Waals surface area (Å²) in [4.78, 5) is 11.6. The monoisotopic (exact) mass is 273 g/mol. The standard InChI is InChI=1S/C10H12BrNO3/c11-9-8(1-2-15-9)10(14)12-5-6-3-7(13)4-6/h1-2,6-7,13H,3-5H2,(H,12,14). The molecular weight excluding hydrogens is 262 g/mol. The van der Waals surface area contributed by atoms with Gasteiger partial charge in [-0.1, -0.05) is 0 Å². The molecule has 1 aliphatic carbocycles. The molecule has 0 saturated heterocycles. The summed E-state index contributed by atoms with van der Waals surface area (Å²) in [5.41, 5.74) is 0.509. The Labute approximate surface area is 95.8 Å². The summed E-state index contributed by atoms with van der Waals surface area (Å²) >= 11 is 3.15.